The quantitative estimate of drug-likeness (QED) is 0.514. The van der Waals surface area contributed by atoms with Crippen molar-refractivity contribution in [3.05, 3.63) is 34.4 Å². The van der Waals surface area contributed by atoms with E-state index in [9.17, 15) is 14.9 Å². The molecular formula is C15H19N3O4. The molecule has 1 aliphatic rings. The highest BCUT2D eigenvalue weighted by Gasteiger charge is 2.15. The minimum Gasteiger partial charge on any atom is -0.477 e. The van der Waals surface area contributed by atoms with Gasteiger partial charge in [0.15, 0.2) is 12.4 Å². The van der Waals surface area contributed by atoms with E-state index in [1.807, 2.05) is 0 Å². The predicted octanol–water partition coefficient (Wildman–Crippen LogP) is 2.80. The minimum atomic E-state index is -0.543. The largest absolute Gasteiger partial charge is 0.477 e. The van der Waals surface area contributed by atoms with Gasteiger partial charge in [-0.2, -0.15) is 5.10 Å². The molecular weight excluding hydrogens is 286 g/mol. The lowest BCUT2D eigenvalue weighted by Crippen LogP contribution is -2.26. The van der Waals surface area contributed by atoms with Gasteiger partial charge in [-0.3, -0.25) is 14.9 Å². The molecule has 1 saturated carbocycles. The van der Waals surface area contributed by atoms with Crippen LogP contribution in [0.15, 0.2) is 29.4 Å². The van der Waals surface area contributed by atoms with Crippen molar-refractivity contribution in [1.82, 2.24) is 5.43 Å². The van der Waals surface area contributed by atoms with Gasteiger partial charge in [-0.1, -0.05) is 25.0 Å². The van der Waals surface area contributed by atoms with E-state index in [0.29, 0.717) is 0 Å². The zero-order chi connectivity index (χ0) is 15.8. The number of amides is 1. The van der Waals surface area contributed by atoms with E-state index in [1.165, 1.54) is 25.0 Å². The standard InChI is InChI=1S/C15H19N3O4/c19-15(17-16-12-7-3-1-2-4-8-12)11-22-14-10-6-5-9-13(14)18(20)21/h5-6,9-10H,1-4,7-8,11H2,(H,17,19). The average molecular weight is 305 g/mol. The van der Waals surface area contributed by atoms with E-state index in [2.05, 4.69) is 10.5 Å². The van der Waals surface area contributed by atoms with Gasteiger partial charge in [0.1, 0.15) is 0 Å². The molecule has 1 aromatic carbocycles. The minimum absolute atomic E-state index is 0.0739. The van der Waals surface area contributed by atoms with Gasteiger partial charge in [-0.15, -0.1) is 0 Å². The molecule has 7 nitrogen and oxygen atoms in total. The number of ether oxygens (including phenoxy) is 1. The van der Waals surface area contributed by atoms with Crippen LogP contribution in [0.4, 0.5) is 5.69 Å². The number of hydrazone groups is 1. The Balaban J connectivity index is 1.85. The molecule has 1 aliphatic carbocycles. The SMILES string of the molecule is O=C(COc1ccccc1[N+](=O)[O-])NN=C1CCCCCC1. The van der Waals surface area contributed by atoms with Crippen LogP contribution in [0.5, 0.6) is 5.75 Å². The second-order valence-corrected chi connectivity index (χ2v) is 5.14. The lowest BCUT2D eigenvalue weighted by atomic mass is 10.2. The van der Waals surface area contributed by atoms with Gasteiger partial charge in [-0.25, -0.2) is 5.43 Å². The first-order valence-electron chi connectivity index (χ1n) is 7.37. The van der Waals surface area contributed by atoms with Crippen molar-refractivity contribution in [1.29, 1.82) is 0 Å². The molecule has 0 atom stereocenters. The number of nitro groups is 1. The van der Waals surface area contributed by atoms with Crippen molar-refractivity contribution in [2.24, 2.45) is 5.10 Å². The van der Waals surface area contributed by atoms with Gasteiger partial charge in [0, 0.05) is 11.8 Å². The molecule has 0 aliphatic heterocycles. The summed E-state index contributed by atoms with van der Waals surface area (Å²) in [4.78, 5) is 22.0. The van der Waals surface area contributed by atoms with Gasteiger partial charge in [0.05, 0.1) is 4.92 Å². The Morgan fingerprint density at radius 1 is 1.23 bits per heavy atom. The number of hydrogen-bond acceptors (Lipinski definition) is 5. The van der Waals surface area contributed by atoms with E-state index in [4.69, 9.17) is 4.74 Å². The van der Waals surface area contributed by atoms with Gasteiger partial charge < -0.3 is 4.74 Å². The highest BCUT2D eigenvalue weighted by molar-refractivity contribution is 5.86. The zero-order valence-electron chi connectivity index (χ0n) is 12.3. The van der Waals surface area contributed by atoms with E-state index < -0.39 is 10.8 Å². The number of nitro benzene ring substituents is 1. The maximum absolute atomic E-state index is 11.7. The molecule has 0 heterocycles. The van der Waals surface area contributed by atoms with Crippen LogP contribution in [0.2, 0.25) is 0 Å². The molecule has 2 rings (SSSR count). The molecule has 1 N–H and O–H groups in total. The van der Waals surface area contributed by atoms with Crippen LogP contribution in [0, 0.1) is 10.1 Å². The van der Waals surface area contributed by atoms with Crippen molar-refractivity contribution in [3.8, 4) is 5.75 Å². The summed E-state index contributed by atoms with van der Waals surface area (Å²) >= 11 is 0. The number of carbonyl (C=O) groups excluding carboxylic acids is 1. The number of carbonyl (C=O) groups is 1. The van der Waals surface area contributed by atoms with Crippen LogP contribution in [0.3, 0.4) is 0 Å². The normalized spacial score (nSPS) is 14.8. The Kier molecular flexibility index (Phi) is 5.88. The molecule has 0 saturated heterocycles. The van der Waals surface area contributed by atoms with E-state index in [1.54, 1.807) is 12.1 Å². The summed E-state index contributed by atoms with van der Waals surface area (Å²) in [6.45, 7) is -0.304. The third kappa shape index (κ3) is 4.83. The fourth-order valence-corrected chi connectivity index (χ4v) is 2.30. The third-order valence-electron chi connectivity index (χ3n) is 3.44. The van der Waals surface area contributed by atoms with E-state index in [0.717, 1.165) is 31.4 Å². The van der Waals surface area contributed by atoms with Crippen molar-refractivity contribution in [2.45, 2.75) is 38.5 Å². The fraction of sp³-hybridized carbons (Fsp3) is 0.467. The van der Waals surface area contributed by atoms with E-state index >= 15 is 0 Å². The van der Waals surface area contributed by atoms with Crippen LogP contribution in [-0.4, -0.2) is 23.1 Å². The number of benzene rings is 1. The number of nitrogens with zero attached hydrogens (tertiary/aromatic N) is 2. The van der Waals surface area contributed by atoms with Gasteiger partial charge in [-0.05, 0) is 31.7 Å². The summed E-state index contributed by atoms with van der Waals surface area (Å²) in [5.74, 6) is -0.348. The Labute approximate surface area is 128 Å². The molecule has 0 spiro atoms. The summed E-state index contributed by atoms with van der Waals surface area (Å²) in [7, 11) is 0. The molecule has 118 valence electrons. The summed E-state index contributed by atoms with van der Waals surface area (Å²) in [6, 6.07) is 5.96. The summed E-state index contributed by atoms with van der Waals surface area (Å²) in [6.07, 6.45) is 6.42. The second-order valence-electron chi connectivity index (χ2n) is 5.14. The van der Waals surface area contributed by atoms with Crippen LogP contribution < -0.4 is 10.2 Å². The van der Waals surface area contributed by atoms with Crippen LogP contribution in [0.25, 0.3) is 0 Å². The molecule has 0 radical (unpaired) electrons. The molecule has 0 bridgehead atoms. The lowest BCUT2D eigenvalue weighted by Gasteiger charge is -2.06. The Hall–Kier alpha value is -2.44. The average Bonchev–Trinajstić information content (AvgIpc) is 2.79. The van der Waals surface area contributed by atoms with E-state index in [-0.39, 0.29) is 18.0 Å². The smallest absolute Gasteiger partial charge is 0.310 e. The molecule has 1 aromatic rings. The number of nitrogens with one attached hydrogen (secondary N) is 1. The number of rotatable bonds is 5. The summed E-state index contributed by atoms with van der Waals surface area (Å²) in [5, 5.41) is 15.0. The molecule has 22 heavy (non-hydrogen) atoms. The molecule has 1 amide bonds. The first-order valence-corrected chi connectivity index (χ1v) is 7.37. The molecule has 0 aromatic heterocycles. The number of hydrogen-bond donors (Lipinski definition) is 1. The fourth-order valence-electron chi connectivity index (χ4n) is 2.30. The first kappa shape index (κ1) is 15.9. The lowest BCUT2D eigenvalue weighted by molar-refractivity contribution is -0.385. The van der Waals surface area contributed by atoms with Crippen LogP contribution in [0.1, 0.15) is 38.5 Å². The Morgan fingerprint density at radius 3 is 2.59 bits per heavy atom. The zero-order valence-corrected chi connectivity index (χ0v) is 12.3. The van der Waals surface area contributed by atoms with Crippen molar-refractivity contribution in [2.75, 3.05) is 6.61 Å². The first-order chi connectivity index (χ1) is 10.7. The van der Waals surface area contributed by atoms with Gasteiger partial charge >= 0.3 is 5.69 Å². The van der Waals surface area contributed by atoms with Crippen molar-refractivity contribution < 1.29 is 14.5 Å². The summed E-state index contributed by atoms with van der Waals surface area (Å²) in [5.41, 5.74) is 3.29. The van der Waals surface area contributed by atoms with Gasteiger partial charge in [0.2, 0.25) is 0 Å². The number of para-hydroxylation sites is 2. The maximum Gasteiger partial charge on any atom is 0.310 e. The highest BCUT2D eigenvalue weighted by atomic mass is 16.6. The molecule has 7 heteroatoms. The Bertz CT molecular complexity index is 562. The summed E-state index contributed by atoms with van der Waals surface area (Å²) < 4.78 is 5.20. The highest BCUT2D eigenvalue weighted by Crippen LogP contribution is 2.25. The monoisotopic (exact) mass is 305 g/mol. The third-order valence-corrected chi connectivity index (χ3v) is 3.44. The predicted molar refractivity (Wildman–Crippen MR) is 81.9 cm³/mol. The van der Waals surface area contributed by atoms with Crippen molar-refractivity contribution >= 4 is 17.3 Å². The van der Waals surface area contributed by atoms with Crippen molar-refractivity contribution in [3.63, 3.8) is 0 Å². The molecule has 0 unspecified atom stereocenters. The second kappa shape index (κ2) is 8.11. The van der Waals surface area contributed by atoms with Gasteiger partial charge in [0.25, 0.3) is 5.91 Å². The Morgan fingerprint density at radius 2 is 1.91 bits per heavy atom. The maximum atomic E-state index is 11.7. The molecule has 1 fully saturated rings. The van der Waals surface area contributed by atoms with Crippen LogP contribution >= 0.6 is 0 Å². The van der Waals surface area contributed by atoms with Crippen LogP contribution in [-0.2, 0) is 4.79 Å². The topological polar surface area (TPSA) is 93.8 Å².